The molecule has 0 saturated heterocycles. The van der Waals surface area contributed by atoms with Crippen molar-refractivity contribution in [2.45, 2.75) is 71.0 Å². The molecule has 1 aliphatic carbocycles. The summed E-state index contributed by atoms with van der Waals surface area (Å²) in [6.07, 6.45) is 6.55. The third-order valence-corrected chi connectivity index (χ3v) is 8.46. The van der Waals surface area contributed by atoms with Crippen LogP contribution < -0.4 is 9.62 Å². The van der Waals surface area contributed by atoms with E-state index in [1.165, 1.54) is 23.1 Å². The number of rotatable bonds is 10. The van der Waals surface area contributed by atoms with Gasteiger partial charge in [-0.15, -0.1) is 0 Å². The van der Waals surface area contributed by atoms with E-state index in [1.54, 1.807) is 0 Å². The lowest BCUT2D eigenvalue weighted by Crippen LogP contribution is -2.54. The van der Waals surface area contributed by atoms with Crippen LogP contribution in [0.4, 0.5) is 5.69 Å². The molecule has 0 spiro atoms. The highest BCUT2D eigenvalue weighted by atomic mass is 35.5. The SMILES string of the molecule is CC[C@H](C(=O)NC1CCCCC1)N(Cc1ccccc1C)C(=O)CN(c1ccc(Cl)cc1Cl)S(C)(=O)=O. The average Bonchev–Trinajstić information content (AvgIpc) is 2.84. The summed E-state index contributed by atoms with van der Waals surface area (Å²) in [6.45, 7) is 3.47. The molecule has 0 aliphatic heterocycles. The highest BCUT2D eigenvalue weighted by Gasteiger charge is 2.33. The molecule has 3 rings (SSSR count). The number of carbonyl (C=O) groups excluding carboxylic acids is 2. The third-order valence-electron chi connectivity index (χ3n) is 6.80. The Morgan fingerprint density at radius 3 is 2.35 bits per heavy atom. The fourth-order valence-corrected chi connectivity index (χ4v) is 6.14. The van der Waals surface area contributed by atoms with Crippen LogP contribution in [0.2, 0.25) is 10.0 Å². The van der Waals surface area contributed by atoms with E-state index in [0.717, 1.165) is 53.8 Å². The monoisotopic (exact) mass is 567 g/mol. The number of amides is 2. The van der Waals surface area contributed by atoms with Crippen LogP contribution in [0.5, 0.6) is 0 Å². The van der Waals surface area contributed by atoms with Gasteiger partial charge < -0.3 is 10.2 Å². The van der Waals surface area contributed by atoms with Gasteiger partial charge in [0, 0.05) is 17.6 Å². The van der Waals surface area contributed by atoms with Crippen molar-refractivity contribution in [2.24, 2.45) is 0 Å². The molecular formula is C27H35Cl2N3O4S. The van der Waals surface area contributed by atoms with Gasteiger partial charge in [0.15, 0.2) is 0 Å². The van der Waals surface area contributed by atoms with E-state index in [2.05, 4.69) is 5.32 Å². The molecule has 202 valence electrons. The smallest absolute Gasteiger partial charge is 0.244 e. The number of aryl methyl sites for hydroxylation is 1. The molecule has 0 bridgehead atoms. The first-order valence-corrected chi connectivity index (χ1v) is 15.2. The van der Waals surface area contributed by atoms with Crippen molar-refractivity contribution < 1.29 is 18.0 Å². The van der Waals surface area contributed by atoms with Gasteiger partial charge in [-0.25, -0.2) is 8.42 Å². The van der Waals surface area contributed by atoms with Crippen LogP contribution in [-0.2, 0) is 26.2 Å². The van der Waals surface area contributed by atoms with Crippen molar-refractivity contribution in [1.82, 2.24) is 10.2 Å². The van der Waals surface area contributed by atoms with Crippen LogP contribution in [0.3, 0.4) is 0 Å². The molecule has 1 fully saturated rings. The lowest BCUT2D eigenvalue weighted by atomic mass is 9.95. The molecule has 1 saturated carbocycles. The number of nitrogens with zero attached hydrogens (tertiary/aromatic N) is 2. The van der Waals surface area contributed by atoms with Gasteiger partial charge in [-0.05, 0) is 55.5 Å². The van der Waals surface area contributed by atoms with Crippen LogP contribution in [0.15, 0.2) is 42.5 Å². The molecule has 10 heteroatoms. The Morgan fingerprint density at radius 2 is 1.76 bits per heavy atom. The predicted octanol–water partition coefficient (Wildman–Crippen LogP) is 5.32. The molecule has 2 aromatic carbocycles. The quantitative estimate of drug-likeness (QED) is 0.420. The number of sulfonamides is 1. The minimum atomic E-state index is -3.88. The first-order chi connectivity index (χ1) is 17.5. The van der Waals surface area contributed by atoms with Crippen LogP contribution >= 0.6 is 23.2 Å². The van der Waals surface area contributed by atoms with Gasteiger partial charge in [0.25, 0.3) is 0 Å². The summed E-state index contributed by atoms with van der Waals surface area (Å²) in [5, 5.41) is 3.59. The number of hydrogen-bond donors (Lipinski definition) is 1. The molecular weight excluding hydrogens is 533 g/mol. The van der Waals surface area contributed by atoms with Gasteiger partial charge in [-0.3, -0.25) is 13.9 Å². The van der Waals surface area contributed by atoms with Crippen molar-refractivity contribution in [3.63, 3.8) is 0 Å². The Balaban J connectivity index is 1.94. The van der Waals surface area contributed by atoms with Crippen molar-refractivity contribution in [3.05, 3.63) is 63.6 Å². The molecule has 7 nitrogen and oxygen atoms in total. The van der Waals surface area contributed by atoms with Crippen LogP contribution in [0.25, 0.3) is 0 Å². The Bertz CT molecular complexity index is 1220. The van der Waals surface area contributed by atoms with E-state index in [0.29, 0.717) is 11.4 Å². The highest BCUT2D eigenvalue weighted by Crippen LogP contribution is 2.31. The molecule has 2 aromatic rings. The zero-order chi connectivity index (χ0) is 27.2. The van der Waals surface area contributed by atoms with Gasteiger partial charge in [0.1, 0.15) is 12.6 Å². The first-order valence-electron chi connectivity index (χ1n) is 12.6. The number of anilines is 1. The van der Waals surface area contributed by atoms with E-state index in [9.17, 15) is 18.0 Å². The summed E-state index contributed by atoms with van der Waals surface area (Å²) in [5.74, 6) is -0.711. The van der Waals surface area contributed by atoms with Crippen LogP contribution in [0.1, 0.15) is 56.6 Å². The van der Waals surface area contributed by atoms with Gasteiger partial charge in [0.2, 0.25) is 21.8 Å². The van der Waals surface area contributed by atoms with E-state index < -0.39 is 28.5 Å². The number of halogens is 2. The fraction of sp³-hybridized carbons (Fsp3) is 0.481. The van der Waals surface area contributed by atoms with Crippen molar-refractivity contribution >= 4 is 50.7 Å². The summed E-state index contributed by atoms with van der Waals surface area (Å²) in [7, 11) is -3.88. The summed E-state index contributed by atoms with van der Waals surface area (Å²) in [5.41, 5.74) is 2.01. The second kappa shape index (κ2) is 13.0. The van der Waals surface area contributed by atoms with Gasteiger partial charge >= 0.3 is 0 Å². The van der Waals surface area contributed by atoms with Crippen molar-refractivity contribution in [2.75, 3.05) is 17.1 Å². The van der Waals surface area contributed by atoms with Crippen molar-refractivity contribution in [1.29, 1.82) is 0 Å². The maximum atomic E-state index is 13.8. The largest absolute Gasteiger partial charge is 0.352 e. The molecule has 0 radical (unpaired) electrons. The molecule has 1 N–H and O–H groups in total. The van der Waals surface area contributed by atoms with Gasteiger partial charge in [-0.1, -0.05) is 73.7 Å². The molecule has 0 unspecified atom stereocenters. The van der Waals surface area contributed by atoms with E-state index in [1.807, 2.05) is 38.1 Å². The molecule has 0 heterocycles. The number of hydrogen-bond acceptors (Lipinski definition) is 4. The standard InChI is InChI=1S/C27H35Cl2N3O4S/c1-4-24(27(34)30-22-12-6-5-7-13-22)31(17-20-11-9-8-10-19(20)2)26(33)18-32(37(3,35)36)25-15-14-21(28)16-23(25)29/h8-11,14-16,22,24H,4-7,12-13,17-18H2,1-3H3,(H,30,34)/t24-/m1/s1. The second-order valence-corrected chi connectivity index (χ2v) is 12.3. The first kappa shape index (κ1) is 29.3. The normalized spacial score (nSPS) is 15.2. The fourth-order valence-electron chi connectivity index (χ4n) is 4.71. The summed E-state index contributed by atoms with van der Waals surface area (Å²) < 4.78 is 26.5. The zero-order valence-electron chi connectivity index (χ0n) is 21.5. The Kier molecular flexibility index (Phi) is 10.3. The van der Waals surface area contributed by atoms with E-state index >= 15 is 0 Å². The molecule has 0 aromatic heterocycles. The van der Waals surface area contributed by atoms with E-state index in [-0.39, 0.29) is 29.2 Å². The van der Waals surface area contributed by atoms with Gasteiger partial charge in [-0.2, -0.15) is 0 Å². The lowest BCUT2D eigenvalue weighted by molar-refractivity contribution is -0.140. The number of nitrogens with one attached hydrogen (secondary N) is 1. The van der Waals surface area contributed by atoms with Crippen LogP contribution in [-0.4, -0.2) is 50.0 Å². The van der Waals surface area contributed by atoms with Crippen LogP contribution in [0, 0.1) is 6.92 Å². The Morgan fingerprint density at radius 1 is 1.08 bits per heavy atom. The maximum absolute atomic E-state index is 13.8. The Labute approximate surface area is 230 Å². The van der Waals surface area contributed by atoms with Crippen molar-refractivity contribution in [3.8, 4) is 0 Å². The molecule has 1 atom stereocenters. The topological polar surface area (TPSA) is 86.8 Å². The lowest BCUT2D eigenvalue weighted by Gasteiger charge is -2.34. The van der Waals surface area contributed by atoms with Gasteiger partial charge in [0.05, 0.1) is 17.0 Å². The average molecular weight is 569 g/mol. The predicted molar refractivity (Wildman–Crippen MR) is 149 cm³/mol. The third kappa shape index (κ3) is 7.85. The molecule has 2 amide bonds. The summed E-state index contributed by atoms with van der Waals surface area (Å²) in [4.78, 5) is 28.8. The Hall–Kier alpha value is -2.29. The van der Waals surface area contributed by atoms with E-state index in [4.69, 9.17) is 23.2 Å². The summed E-state index contributed by atoms with van der Waals surface area (Å²) in [6, 6.07) is 11.4. The molecule has 1 aliphatic rings. The molecule has 37 heavy (non-hydrogen) atoms. The highest BCUT2D eigenvalue weighted by molar-refractivity contribution is 7.92. The number of carbonyl (C=O) groups is 2. The minimum absolute atomic E-state index is 0.0890. The zero-order valence-corrected chi connectivity index (χ0v) is 23.9. The number of benzene rings is 2. The second-order valence-electron chi connectivity index (χ2n) is 9.58. The maximum Gasteiger partial charge on any atom is 0.244 e. The summed E-state index contributed by atoms with van der Waals surface area (Å²) >= 11 is 12.3. The minimum Gasteiger partial charge on any atom is -0.352 e.